The summed E-state index contributed by atoms with van der Waals surface area (Å²) in [7, 11) is -3.05. The van der Waals surface area contributed by atoms with Crippen molar-refractivity contribution >= 4 is 33.1 Å². The highest BCUT2D eigenvalue weighted by Crippen LogP contribution is 2.32. The summed E-state index contributed by atoms with van der Waals surface area (Å²) in [5.41, 5.74) is 0. The van der Waals surface area contributed by atoms with Crippen LogP contribution in [0.1, 0.15) is 28.9 Å². The van der Waals surface area contributed by atoms with Gasteiger partial charge in [-0.1, -0.05) is 6.07 Å². The molecule has 1 amide bonds. The maximum atomic E-state index is 12.4. The molecular formula is C14H17NO5S2. The fourth-order valence-electron chi connectivity index (χ4n) is 2.72. The number of carbonyl (C=O) groups is 2. The van der Waals surface area contributed by atoms with Crippen molar-refractivity contribution in [2.45, 2.75) is 31.3 Å². The molecule has 0 N–H and O–H groups in total. The standard InChI is InChI=1S/C14H17NO5S2/c16-13(8-20-14(17)12-2-1-6-21-12)15(10-3-4-10)11-5-7-22(18,19)9-11/h1-2,6,10-11H,3-5,7-9H2/t11-/m0/s1. The van der Waals surface area contributed by atoms with E-state index in [0.717, 1.165) is 12.8 Å². The minimum Gasteiger partial charge on any atom is -0.451 e. The van der Waals surface area contributed by atoms with Crippen LogP contribution in [-0.4, -0.2) is 55.4 Å². The lowest BCUT2D eigenvalue weighted by molar-refractivity contribution is -0.137. The van der Waals surface area contributed by atoms with Crippen molar-refractivity contribution < 1.29 is 22.7 Å². The van der Waals surface area contributed by atoms with Crippen LogP contribution in [0.2, 0.25) is 0 Å². The molecule has 2 fully saturated rings. The van der Waals surface area contributed by atoms with Crippen molar-refractivity contribution in [3.63, 3.8) is 0 Å². The number of esters is 1. The molecule has 0 spiro atoms. The molecule has 8 heteroatoms. The molecule has 3 rings (SSSR count). The third kappa shape index (κ3) is 3.49. The van der Waals surface area contributed by atoms with Crippen LogP contribution in [-0.2, 0) is 19.4 Å². The molecule has 6 nitrogen and oxygen atoms in total. The molecule has 1 atom stereocenters. The number of rotatable bonds is 5. The summed E-state index contributed by atoms with van der Waals surface area (Å²) in [5, 5.41) is 1.76. The molecule has 2 aliphatic rings. The molecule has 0 radical (unpaired) electrons. The summed E-state index contributed by atoms with van der Waals surface area (Å²) in [6.07, 6.45) is 2.26. The Morgan fingerprint density at radius 3 is 2.59 bits per heavy atom. The van der Waals surface area contributed by atoms with Gasteiger partial charge >= 0.3 is 5.97 Å². The van der Waals surface area contributed by atoms with E-state index in [-0.39, 0.29) is 36.1 Å². The van der Waals surface area contributed by atoms with E-state index in [2.05, 4.69) is 0 Å². The van der Waals surface area contributed by atoms with Gasteiger partial charge in [0.15, 0.2) is 16.4 Å². The number of nitrogens with zero attached hydrogens (tertiary/aromatic N) is 1. The van der Waals surface area contributed by atoms with Crippen molar-refractivity contribution in [1.82, 2.24) is 4.90 Å². The zero-order chi connectivity index (χ0) is 15.7. The molecule has 1 saturated carbocycles. The summed E-state index contributed by atoms with van der Waals surface area (Å²) < 4.78 is 28.3. The summed E-state index contributed by atoms with van der Waals surface area (Å²) in [4.78, 5) is 26.2. The Kier molecular flexibility index (Phi) is 4.22. The molecule has 120 valence electrons. The minimum absolute atomic E-state index is 0.0219. The first-order valence-corrected chi connectivity index (χ1v) is 9.88. The van der Waals surface area contributed by atoms with Crippen LogP contribution in [0.5, 0.6) is 0 Å². The van der Waals surface area contributed by atoms with Gasteiger partial charge in [0.05, 0.1) is 11.5 Å². The Hall–Kier alpha value is -1.41. The van der Waals surface area contributed by atoms with Gasteiger partial charge in [-0.3, -0.25) is 4.79 Å². The van der Waals surface area contributed by atoms with Crippen LogP contribution in [0, 0.1) is 0 Å². The Morgan fingerprint density at radius 1 is 1.27 bits per heavy atom. The fraction of sp³-hybridized carbons (Fsp3) is 0.571. The Balaban J connectivity index is 1.60. The molecule has 22 heavy (non-hydrogen) atoms. The maximum Gasteiger partial charge on any atom is 0.348 e. The lowest BCUT2D eigenvalue weighted by Crippen LogP contribution is -2.44. The first kappa shape index (κ1) is 15.5. The van der Waals surface area contributed by atoms with Crippen LogP contribution in [0.4, 0.5) is 0 Å². The van der Waals surface area contributed by atoms with E-state index in [4.69, 9.17) is 4.74 Å². The normalized spacial score (nSPS) is 23.2. The molecule has 0 unspecified atom stereocenters. The second kappa shape index (κ2) is 6.00. The van der Waals surface area contributed by atoms with Crippen molar-refractivity contribution in [3.05, 3.63) is 22.4 Å². The van der Waals surface area contributed by atoms with E-state index < -0.39 is 15.8 Å². The maximum absolute atomic E-state index is 12.4. The SMILES string of the molecule is O=C(OCC(=O)N(C1CC1)[C@H]1CCS(=O)(=O)C1)c1cccs1. The molecule has 2 heterocycles. The van der Waals surface area contributed by atoms with Crippen LogP contribution in [0.25, 0.3) is 0 Å². The Bertz CT molecular complexity index is 663. The van der Waals surface area contributed by atoms with E-state index in [9.17, 15) is 18.0 Å². The molecule has 0 aromatic carbocycles. The van der Waals surface area contributed by atoms with Crippen molar-refractivity contribution in [1.29, 1.82) is 0 Å². The number of hydrogen-bond acceptors (Lipinski definition) is 6. The first-order chi connectivity index (χ1) is 10.5. The highest BCUT2D eigenvalue weighted by atomic mass is 32.2. The molecule has 1 saturated heterocycles. The monoisotopic (exact) mass is 343 g/mol. The lowest BCUT2D eigenvalue weighted by Gasteiger charge is -2.28. The third-order valence-electron chi connectivity index (χ3n) is 3.88. The van der Waals surface area contributed by atoms with Gasteiger partial charge in [0.25, 0.3) is 5.91 Å². The molecule has 0 bridgehead atoms. The number of carbonyl (C=O) groups excluding carboxylic acids is 2. The van der Waals surface area contributed by atoms with E-state index in [1.807, 2.05) is 0 Å². The van der Waals surface area contributed by atoms with E-state index in [0.29, 0.717) is 11.3 Å². The summed E-state index contributed by atoms with van der Waals surface area (Å²) in [6.45, 7) is -0.330. The minimum atomic E-state index is -3.05. The second-order valence-electron chi connectivity index (χ2n) is 5.64. The quantitative estimate of drug-likeness (QED) is 0.748. The smallest absolute Gasteiger partial charge is 0.348 e. The highest BCUT2D eigenvalue weighted by Gasteiger charge is 2.42. The zero-order valence-corrected chi connectivity index (χ0v) is 13.6. The van der Waals surface area contributed by atoms with Gasteiger partial charge in [-0.25, -0.2) is 13.2 Å². The average molecular weight is 343 g/mol. The number of amides is 1. The van der Waals surface area contributed by atoms with Crippen LogP contribution >= 0.6 is 11.3 Å². The summed E-state index contributed by atoms with van der Waals surface area (Å²) in [5.74, 6) is -0.662. The van der Waals surface area contributed by atoms with E-state index in [1.165, 1.54) is 11.3 Å². The average Bonchev–Trinajstić information content (AvgIpc) is 3.00. The van der Waals surface area contributed by atoms with Gasteiger partial charge in [0, 0.05) is 12.1 Å². The molecule has 1 aliphatic carbocycles. The van der Waals surface area contributed by atoms with Crippen molar-refractivity contribution in [3.8, 4) is 0 Å². The zero-order valence-electron chi connectivity index (χ0n) is 11.9. The van der Waals surface area contributed by atoms with Gasteiger partial charge in [-0.2, -0.15) is 0 Å². The molecule has 1 aliphatic heterocycles. The topological polar surface area (TPSA) is 80.8 Å². The molecule has 1 aromatic heterocycles. The lowest BCUT2D eigenvalue weighted by atomic mass is 10.2. The van der Waals surface area contributed by atoms with E-state index in [1.54, 1.807) is 22.4 Å². The second-order valence-corrected chi connectivity index (χ2v) is 8.82. The van der Waals surface area contributed by atoms with Crippen LogP contribution < -0.4 is 0 Å². The number of thiophene rings is 1. The summed E-state index contributed by atoms with van der Waals surface area (Å²) in [6, 6.07) is 3.21. The number of sulfone groups is 1. The Morgan fingerprint density at radius 2 is 2.05 bits per heavy atom. The third-order valence-corrected chi connectivity index (χ3v) is 6.48. The fourth-order valence-corrected chi connectivity index (χ4v) is 5.05. The predicted molar refractivity (Wildman–Crippen MR) is 81.5 cm³/mol. The van der Waals surface area contributed by atoms with E-state index >= 15 is 0 Å². The van der Waals surface area contributed by atoms with Gasteiger partial charge in [0.2, 0.25) is 0 Å². The van der Waals surface area contributed by atoms with Gasteiger partial charge in [-0.15, -0.1) is 11.3 Å². The van der Waals surface area contributed by atoms with Crippen LogP contribution in [0.3, 0.4) is 0 Å². The number of ether oxygens (including phenoxy) is 1. The van der Waals surface area contributed by atoms with Gasteiger partial charge in [-0.05, 0) is 30.7 Å². The first-order valence-electron chi connectivity index (χ1n) is 7.18. The highest BCUT2D eigenvalue weighted by molar-refractivity contribution is 7.91. The molecule has 1 aromatic rings. The van der Waals surface area contributed by atoms with Crippen molar-refractivity contribution in [2.75, 3.05) is 18.1 Å². The Labute approximate surface area is 133 Å². The molecular weight excluding hydrogens is 326 g/mol. The van der Waals surface area contributed by atoms with Crippen molar-refractivity contribution in [2.24, 2.45) is 0 Å². The van der Waals surface area contributed by atoms with Gasteiger partial charge in [0.1, 0.15) is 4.88 Å². The largest absolute Gasteiger partial charge is 0.451 e. The predicted octanol–water partition coefficient (Wildman–Crippen LogP) is 1.08. The van der Waals surface area contributed by atoms with Crippen LogP contribution in [0.15, 0.2) is 17.5 Å². The van der Waals surface area contributed by atoms with Gasteiger partial charge < -0.3 is 9.64 Å². The number of hydrogen-bond donors (Lipinski definition) is 0. The summed E-state index contributed by atoms with van der Waals surface area (Å²) >= 11 is 1.26.